The van der Waals surface area contributed by atoms with Gasteiger partial charge in [-0.05, 0) is 61.1 Å². The first-order valence-electron chi connectivity index (χ1n) is 9.98. The van der Waals surface area contributed by atoms with Crippen molar-refractivity contribution >= 4 is 17.6 Å². The number of methoxy groups -OCH3 is 1. The molecule has 0 radical (unpaired) electrons. The van der Waals surface area contributed by atoms with Gasteiger partial charge in [0.2, 0.25) is 0 Å². The van der Waals surface area contributed by atoms with E-state index in [1.165, 1.54) is 16.0 Å². The summed E-state index contributed by atoms with van der Waals surface area (Å²) in [5.41, 5.74) is 4.79. The highest BCUT2D eigenvalue weighted by molar-refractivity contribution is 7.15. The Bertz CT molecular complexity index is 1010. The number of thiazole rings is 1. The molecular formula is C24H25NO3S. The molecule has 0 bridgehead atoms. The molecule has 1 atom stereocenters. The van der Waals surface area contributed by atoms with Crippen molar-refractivity contribution < 1.29 is 14.3 Å². The summed E-state index contributed by atoms with van der Waals surface area (Å²) in [4.78, 5) is 16.9. The van der Waals surface area contributed by atoms with Crippen LogP contribution in [0.4, 0.5) is 0 Å². The van der Waals surface area contributed by atoms with E-state index in [-0.39, 0.29) is 0 Å². The summed E-state index contributed by atoms with van der Waals surface area (Å²) >= 11 is 1.70. The Morgan fingerprint density at radius 2 is 2.10 bits per heavy atom. The number of aromatic nitrogens is 1. The van der Waals surface area contributed by atoms with Crippen molar-refractivity contribution in [3.05, 3.63) is 64.2 Å². The Labute approximate surface area is 175 Å². The molecule has 0 N–H and O–H groups in total. The first kappa shape index (κ1) is 19.6. The third kappa shape index (κ3) is 4.35. The van der Waals surface area contributed by atoms with Gasteiger partial charge in [0.05, 0.1) is 19.4 Å². The summed E-state index contributed by atoms with van der Waals surface area (Å²) in [7, 11) is 1.68. The van der Waals surface area contributed by atoms with Crippen LogP contribution in [0, 0.1) is 6.92 Å². The van der Waals surface area contributed by atoms with Gasteiger partial charge in [-0.25, -0.2) is 4.98 Å². The van der Waals surface area contributed by atoms with Crippen molar-refractivity contribution in [2.45, 2.75) is 38.5 Å². The van der Waals surface area contributed by atoms with Crippen molar-refractivity contribution in [1.29, 1.82) is 0 Å². The van der Waals surface area contributed by atoms with Gasteiger partial charge in [-0.3, -0.25) is 0 Å². The van der Waals surface area contributed by atoms with Crippen molar-refractivity contribution in [1.82, 2.24) is 4.98 Å². The topological polar surface area (TPSA) is 48.4 Å². The van der Waals surface area contributed by atoms with Crippen LogP contribution >= 0.6 is 11.3 Å². The van der Waals surface area contributed by atoms with Crippen LogP contribution in [0.1, 0.15) is 40.5 Å². The van der Waals surface area contributed by atoms with Crippen LogP contribution in [0.15, 0.2) is 42.5 Å². The second kappa shape index (κ2) is 8.78. The fourth-order valence-corrected chi connectivity index (χ4v) is 4.89. The van der Waals surface area contributed by atoms with Crippen LogP contribution in [-0.4, -0.2) is 25.0 Å². The fraction of sp³-hybridized carbons (Fsp3) is 0.333. The van der Waals surface area contributed by atoms with E-state index in [2.05, 4.69) is 25.1 Å². The minimum atomic E-state index is 0.379. The zero-order valence-corrected chi connectivity index (χ0v) is 17.6. The van der Waals surface area contributed by atoms with Gasteiger partial charge in [0.25, 0.3) is 0 Å². The third-order valence-corrected chi connectivity index (χ3v) is 6.58. The highest BCUT2D eigenvalue weighted by Gasteiger charge is 2.22. The molecule has 0 saturated heterocycles. The van der Waals surface area contributed by atoms with Crippen molar-refractivity contribution in [2.24, 2.45) is 0 Å². The number of carbonyl (C=O) groups excluding carboxylic acids is 1. The number of fused-ring (bicyclic) bond motifs is 1. The minimum absolute atomic E-state index is 0.379. The number of nitrogens with zero attached hydrogens (tertiary/aromatic N) is 1. The van der Waals surface area contributed by atoms with E-state index in [4.69, 9.17) is 14.5 Å². The first-order chi connectivity index (χ1) is 14.2. The fourth-order valence-electron chi connectivity index (χ4n) is 3.94. The first-order valence-corrected chi connectivity index (χ1v) is 10.8. The molecule has 5 heteroatoms. The van der Waals surface area contributed by atoms with Gasteiger partial charge in [0.1, 0.15) is 22.8 Å². The highest BCUT2D eigenvalue weighted by atomic mass is 32.1. The molecule has 1 heterocycles. The number of aldehydes is 1. The molecule has 0 spiro atoms. The van der Waals surface area contributed by atoms with Gasteiger partial charge < -0.3 is 14.3 Å². The molecule has 0 aliphatic heterocycles. The molecule has 0 saturated carbocycles. The number of aryl methyl sites for hydroxylation is 2. The predicted molar refractivity (Wildman–Crippen MR) is 116 cm³/mol. The van der Waals surface area contributed by atoms with Gasteiger partial charge in [-0.2, -0.15) is 0 Å². The normalized spacial score (nSPS) is 15.2. The number of rotatable bonds is 8. The van der Waals surface area contributed by atoms with Crippen molar-refractivity contribution in [3.8, 4) is 22.1 Å². The van der Waals surface area contributed by atoms with E-state index in [9.17, 15) is 4.79 Å². The lowest BCUT2D eigenvalue weighted by Gasteiger charge is -2.10. The second-order valence-electron chi connectivity index (χ2n) is 7.35. The average molecular weight is 408 g/mol. The zero-order valence-electron chi connectivity index (χ0n) is 16.8. The summed E-state index contributed by atoms with van der Waals surface area (Å²) in [6.45, 7) is 2.71. The Balaban J connectivity index is 1.39. The van der Waals surface area contributed by atoms with Gasteiger partial charge >= 0.3 is 0 Å². The second-order valence-corrected chi connectivity index (χ2v) is 8.55. The lowest BCUT2D eigenvalue weighted by atomic mass is 9.99. The summed E-state index contributed by atoms with van der Waals surface area (Å²) < 4.78 is 11.3. The zero-order chi connectivity index (χ0) is 20.2. The Kier molecular flexibility index (Phi) is 5.95. The molecule has 150 valence electrons. The highest BCUT2D eigenvalue weighted by Crippen LogP contribution is 2.37. The van der Waals surface area contributed by atoms with Gasteiger partial charge in [0.15, 0.2) is 0 Å². The maximum absolute atomic E-state index is 10.8. The third-order valence-electron chi connectivity index (χ3n) is 5.51. The SMILES string of the molecule is COc1cccc(-c2nc(CCOc3ccc4c(c3)CC[C@H]4CC=O)c(C)s2)c1. The van der Waals surface area contributed by atoms with E-state index in [0.29, 0.717) is 18.9 Å². The quantitative estimate of drug-likeness (QED) is 0.471. The molecule has 0 unspecified atom stereocenters. The Morgan fingerprint density at radius 3 is 2.93 bits per heavy atom. The van der Waals surface area contributed by atoms with Gasteiger partial charge in [0, 0.05) is 23.3 Å². The van der Waals surface area contributed by atoms with Crippen LogP contribution in [0.3, 0.4) is 0 Å². The van der Waals surface area contributed by atoms with Crippen molar-refractivity contribution in [2.75, 3.05) is 13.7 Å². The number of carbonyl (C=O) groups is 1. The average Bonchev–Trinajstić information content (AvgIpc) is 3.32. The molecule has 1 aromatic heterocycles. The Hall–Kier alpha value is -2.66. The van der Waals surface area contributed by atoms with E-state index >= 15 is 0 Å². The van der Waals surface area contributed by atoms with E-state index in [0.717, 1.165) is 53.3 Å². The van der Waals surface area contributed by atoms with Gasteiger partial charge in [-0.1, -0.05) is 18.2 Å². The van der Waals surface area contributed by atoms with E-state index in [1.54, 1.807) is 18.4 Å². The summed E-state index contributed by atoms with van der Waals surface area (Å²) in [6, 6.07) is 14.3. The summed E-state index contributed by atoms with van der Waals surface area (Å²) in [5, 5.41) is 1.01. The molecule has 29 heavy (non-hydrogen) atoms. The minimum Gasteiger partial charge on any atom is -0.497 e. The number of benzene rings is 2. The van der Waals surface area contributed by atoms with Gasteiger partial charge in [-0.15, -0.1) is 11.3 Å². The standard InChI is InChI=1S/C24H25NO3S/c1-16-23(25-24(29-16)19-4-3-5-20(15-19)27-2)11-13-28-21-8-9-22-17(10-12-26)6-7-18(22)14-21/h3-5,8-9,12,14-15,17H,6-7,10-11,13H2,1-2H3/t17-/m0/s1. The molecule has 0 fully saturated rings. The smallest absolute Gasteiger partial charge is 0.124 e. The number of hydrogen-bond acceptors (Lipinski definition) is 5. The molecule has 4 nitrogen and oxygen atoms in total. The van der Waals surface area contributed by atoms with Crippen LogP contribution in [-0.2, 0) is 17.6 Å². The molecule has 4 rings (SSSR count). The molecule has 1 aliphatic carbocycles. The maximum atomic E-state index is 10.8. The molecule has 3 aromatic rings. The van der Waals surface area contributed by atoms with E-state index < -0.39 is 0 Å². The monoisotopic (exact) mass is 407 g/mol. The number of hydrogen-bond donors (Lipinski definition) is 0. The van der Waals surface area contributed by atoms with Crippen LogP contribution in [0.5, 0.6) is 11.5 Å². The number of ether oxygens (including phenoxy) is 2. The maximum Gasteiger partial charge on any atom is 0.124 e. The summed E-state index contributed by atoms with van der Waals surface area (Å²) in [6.07, 6.45) is 4.51. The predicted octanol–water partition coefficient (Wildman–Crippen LogP) is 5.37. The molecule has 2 aromatic carbocycles. The van der Waals surface area contributed by atoms with Crippen LogP contribution in [0.25, 0.3) is 10.6 Å². The molecular weight excluding hydrogens is 382 g/mol. The molecule has 1 aliphatic rings. The van der Waals surface area contributed by atoms with Crippen molar-refractivity contribution in [3.63, 3.8) is 0 Å². The van der Waals surface area contributed by atoms with E-state index in [1.807, 2.05) is 24.3 Å². The lowest BCUT2D eigenvalue weighted by molar-refractivity contribution is -0.108. The summed E-state index contributed by atoms with van der Waals surface area (Å²) in [5.74, 6) is 2.12. The Morgan fingerprint density at radius 1 is 1.21 bits per heavy atom. The lowest BCUT2D eigenvalue weighted by Crippen LogP contribution is -2.03. The molecule has 0 amide bonds. The largest absolute Gasteiger partial charge is 0.497 e. The van der Waals surface area contributed by atoms with Crippen LogP contribution in [0.2, 0.25) is 0 Å². The van der Waals surface area contributed by atoms with Crippen LogP contribution < -0.4 is 9.47 Å².